The molecule has 2 fully saturated rings. The van der Waals surface area contributed by atoms with Crippen LogP contribution in [0.25, 0.3) is 0 Å². The number of carbonyl (C=O) groups is 2. The number of hydrogen-bond acceptors (Lipinski definition) is 5. The van der Waals surface area contributed by atoms with Crippen LogP contribution < -0.4 is 0 Å². The summed E-state index contributed by atoms with van der Waals surface area (Å²) in [6.07, 6.45) is 2.14. The van der Waals surface area contributed by atoms with E-state index >= 15 is 0 Å². The Morgan fingerprint density at radius 1 is 1.33 bits per heavy atom. The third kappa shape index (κ3) is 2.75. The maximum atomic E-state index is 12.7. The van der Waals surface area contributed by atoms with E-state index in [1.807, 2.05) is 38.9 Å². The summed E-state index contributed by atoms with van der Waals surface area (Å²) in [7, 11) is 0. The number of amides is 2. The molecule has 0 unspecified atom stereocenters. The molecule has 0 N–H and O–H groups in total. The molecule has 24 heavy (non-hydrogen) atoms. The van der Waals surface area contributed by atoms with E-state index in [1.54, 1.807) is 22.7 Å². The smallest absolute Gasteiger partial charge is 0.255 e. The Morgan fingerprint density at radius 2 is 2.21 bits per heavy atom. The Morgan fingerprint density at radius 3 is 2.92 bits per heavy atom. The Hall–Kier alpha value is -1.73. The van der Waals surface area contributed by atoms with Crippen molar-refractivity contribution in [3.05, 3.63) is 38.5 Å². The molecule has 2 aliphatic heterocycles. The quantitative estimate of drug-likeness (QED) is 0.845. The third-order valence-electron chi connectivity index (χ3n) is 4.91. The van der Waals surface area contributed by atoms with Gasteiger partial charge in [-0.25, -0.2) is 4.98 Å². The van der Waals surface area contributed by atoms with Gasteiger partial charge in [-0.1, -0.05) is 0 Å². The minimum Gasteiger partial charge on any atom is -0.333 e. The minimum absolute atomic E-state index is 0.0996. The second-order valence-corrected chi connectivity index (χ2v) is 8.19. The zero-order chi connectivity index (χ0) is 16.7. The van der Waals surface area contributed by atoms with E-state index in [4.69, 9.17) is 0 Å². The van der Waals surface area contributed by atoms with Gasteiger partial charge in [0.2, 0.25) is 5.91 Å². The summed E-state index contributed by atoms with van der Waals surface area (Å²) in [4.78, 5) is 33.6. The van der Waals surface area contributed by atoms with Crippen LogP contribution in [0.4, 0.5) is 0 Å². The van der Waals surface area contributed by atoms with Gasteiger partial charge in [-0.15, -0.1) is 11.3 Å². The maximum absolute atomic E-state index is 12.7. The molecule has 0 bridgehead atoms. The highest BCUT2D eigenvalue weighted by Crippen LogP contribution is 2.33. The van der Waals surface area contributed by atoms with Crippen LogP contribution in [0.5, 0.6) is 0 Å². The fourth-order valence-corrected chi connectivity index (χ4v) is 5.05. The highest BCUT2D eigenvalue weighted by atomic mass is 32.1. The monoisotopic (exact) mass is 361 g/mol. The lowest BCUT2D eigenvalue weighted by atomic mass is 9.96. The molecule has 0 aromatic carbocycles. The van der Waals surface area contributed by atoms with E-state index < -0.39 is 0 Å². The Labute approximate surface area is 148 Å². The van der Waals surface area contributed by atoms with Crippen molar-refractivity contribution in [1.82, 2.24) is 14.8 Å². The molecule has 4 heterocycles. The van der Waals surface area contributed by atoms with E-state index in [1.165, 1.54) is 0 Å². The second-order valence-electron chi connectivity index (χ2n) is 6.35. The fourth-order valence-electron chi connectivity index (χ4n) is 3.81. The molecule has 2 saturated heterocycles. The molecule has 2 amide bonds. The molecule has 0 aliphatic carbocycles. The molecular weight excluding hydrogens is 342 g/mol. The van der Waals surface area contributed by atoms with E-state index in [-0.39, 0.29) is 23.9 Å². The van der Waals surface area contributed by atoms with Gasteiger partial charge in [0.1, 0.15) is 0 Å². The first-order valence-electron chi connectivity index (χ1n) is 8.17. The topological polar surface area (TPSA) is 53.5 Å². The SMILES string of the molecule is Cc1nc(CN2C(=O)CC[C@H]3[C@@H]2CCN3C(=O)c2ccsc2)cs1. The zero-order valence-electron chi connectivity index (χ0n) is 13.5. The third-order valence-corrected chi connectivity index (χ3v) is 6.42. The number of rotatable bonds is 3. The molecule has 5 nitrogen and oxygen atoms in total. The molecule has 0 radical (unpaired) electrons. The van der Waals surface area contributed by atoms with Gasteiger partial charge in [0.15, 0.2) is 0 Å². The van der Waals surface area contributed by atoms with Crippen molar-refractivity contribution in [2.24, 2.45) is 0 Å². The predicted molar refractivity (Wildman–Crippen MR) is 94.2 cm³/mol. The largest absolute Gasteiger partial charge is 0.333 e. The Balaban J connectivity index is 1.53. The molecular formula is C17H19N3O2S2. The lowest BCUT2D eigenvalue weighted by Gasteiger charge is -2.39. The zero-order valence-corrected chi connectivity index (χ0v) is 15.1. The first-order chi connectivity index (χ1) is 11.6. The number of hydrogen-bond donors (Lipinski definition) is 0. The van der Waals surface area contributed by atoms with E-state index in [9.17, 15) is 9.59 Å². The van der Waals surface area contributed by atoms with Gasteiger partial charge in [0.05, 0.1) is 34.9 Å². The molecule has 2 atom stereocenters. The average Bonchev–Trinajstić information content (AvgIpc) is 3.30. The summed E-state index contributed by atoms with van der Waals surface area (Å²) < 4.78 is 0. The molecule has 2 aromatic rings. The molecule has 7 heteroatoms. The van der Waals surface area contributed by atoms with Gasteiger partial charge in [0, 0.05) is 23.7 Å². The summed E-state index contributed by atoms with van der Waals surface area (Å²) in [6.45, 7) is 3.26. The molecule has 0 saturated carbocycles. The van der Waals surface area contributed by atoms with Crippen molar-refractivity contribution in [2.45, 2.75) is 44.8 Å². The van der Waals surface area contributed by atoms with Crippen molar-refractivity contribution >= 4 is 34.5 Å². The van der Waals surface area contributed by atoms with Crippen LogP contribution >= 0.6 is 22.7 Å². The number of aryl methyl sites for hydroxylation is 1. The average molecular weight is 361 g/mol. The number of piperidine rings is 1. The first-order valence-corrected chi connectivity index (χ1v) is 9.99. The second kappa shape index (κ2) is 6.29. The first kappa shape index (κ1) is 15.8. The Bertz CT molecular complexity index is 756. The molecule has 2 aliphatic rings. The van der Waals surface area contributed by atoms with E-state index in [2.05, 4.69) is 4.98 Å². The van der Waals surface area contributed by atoms with Crippen LogP contribution in [-0.2, 0) is 11.3 Å². The fraction of sp³-hybridized carbons (Fsp3) is 0.471. The number of carbonyl (C=O) groups excluding carboxylic acids is 2. The van der Waals surface area contributed by atoms with Crippen LogP contribution in [0, 0.1) is 6.92 Å². The van der Waals surface area contributed by atoms with Crippen LogP contribution in [-0.4, -0.2) is 45.2 Å². The lowest BCUT2D eigenvalue weighted by Crippen LogP contribution is -2.52. The van der Waals surface area contributed by atoms with Crippen molar-refractivity contribution in [2.75, 3.05) is 6.54 Å². The summed E-state index contributed by atoms with van der Waals surface area (Å²) in [6, 6.07) is 2.13. The maximum Gasteiger partial charge on any atom is 0.255 e. The Kier molecular flexibility index (Phi) is 4.14. The number of nitrogens with zero attached hydrogens (tertiary/aromatic N) is 3. The highest BCUT2D eigenvalue weighted by molar-refractivity contribution is 7.09. The summed E-state index contributed by atoms with van der Waals surface area (Å²) >= 11 is 3.15. The van der Waals surface area contributed by atoms with Crippen molar-refractivity contribution in [3.8, 4) is 0 Å². The van der Waals surface area contributed by atoms with E-state index in [0.29, 0.717) is 13.0 Å². The minimum atomic E-state index is 0.0996. The predicted octanol–water partition coefficient (Wildman–Crippen LogP) is 2.92. The standard InChI is InChI=1S/C17H19N3O2S2/c1-11-18-13(10-24-11)8-20-15-4-6-19(14(15)2-3-16(20)21)17(22)12-5-7-23-9-12/h5,7,9-10,14-15H,2-4,6,8H2,1H3/t14-,15-/m0/s1. The van der Waals surface area contributed by atoms with Gasteiger partial charge in [-0.05, 0) is 31.2 Å². The van der Waals surface area contributed by atoms with Gasteiger partial charge in [-0.3, -0.25) is 9.59 Å². The number of fused-ring (bicyclic) bond motifs is 1. The molecule has 4 rings (SSSR count). The number of likely N-dealkylation sites (tertiary alicyclic amines) is 2. The van der Waals surface area contributed by atoms with Gasteiger partial charge in [0.25, 0.3) is 5.91 Å². The summed E-state index contributed by atoms with van der Waals surface area (Å²) in [5.41, 5.74) is 1.72. The molecule has 126 valence electrons. The van der Waals surface area contributed by atoms with E-state index in [0.717, 1.165) is 35.7 Å². The van der Waals surface area contributed by atoms with Gasteiger partial charge < -0.3 is 9.80 Å². The van der Waals surface area contributed by atoms with Crippen LogP contribution in [0.1, 0.15) is 40.3 Å². The van der Waals surface area contributed by atoms with Gasteiger partial charge in [-0.2, -0.15) is 11.3 Å². The molecule has 2 aromatic heterocycles. The highest BCUT2D eigenvalue weighted by Gasteiger charge is 2.45. The van der Waals surface area contributed by atoms with Crippen LogP contribution in [0.15, 0.2) is 22.2 Å². The number of thiophene rings is 1. The van der Waals surface area contributed by atoms with Crippen molar-refractivity contribution in [1.29, 1.82) is 0 Å². The van der Waals surface area contributed by atoms with Crippen LogP contribution in [0.3, 0.4) is 0 Å². The number of thiazole rings is 1. The van der Waals surface area contributed by atoms with Gasteiger partial charge >= 0.3 is 0 Å². The summed E-state index contributed by atoms with van der Waals surface area (Å²) in [5, 5.41) is 6.88. The van der Waals surface area contributed by atoms with Crippen LogP contribution in [0.2, 0.25) is 0 Å². The van der Waals surface area contributed by atoms with Crippen molar-refractivity contribution < 1.29 is 9.59 Å². The lowest BCUT2D eigenvalue weighted by molar-refractivity contribution is -0.138. The number of aromatic nitrogens is 1. The normalized spacial score (nSPS) is 23.6. The molecule has 0 spiro atoms. The van der Waals surface area contributed by atoms with Crippen molar-refractivity contribution in [3.63, 3.8) is 0 Å². The summed E-state index contributed by atoms with van der Waals surface area (Å²) in [5.74, 6) is 0.286.